The van der Waals surface area contributed by atoms with Crippen LogP contribution in [-0.4, -0.2) is 35.5 Å². The van der Waals surface area contributed by atoms with Gasteiger partial charge in [0.1, 0.15) is 5.02 Å². The van der Waals surface area contributed by atoms with Crippen LogP contribution in [0.5, 0.6) is 0 Å². The quantitative estimate of drug-likeness (QED) is 0.369. The molecule has 0 radical (unpaired) electrons. The largest absolute Gasteiger partial charge is 0.376 e. The minimum Gasteiger partial charge on any atom is -0.376 e. The fraction of sp³-hybridized carbons (Fsp3) is 0.385. The van der Waals surface area contributed by atoms with Gasteiger partial charge >= 0.3 is 0 Å². The van der Waals surface area contributed by atoms with Crippen molar-refractivity contribution in [3.05, 3.63) is 38.9 Å². The van der Waals surface area contributed by atoms with Crippen molar-refractivity contribution in [1.82, 2.24) is 10.7 Å². The van der Waals surface area contributed by atoms with Crippen molar-refractivity contribution in [1.29, 1.82) is 0 Å². The van der Waals surface area contributed by atoms with Crippen LogP contribution in [0.25, 0.3) is 0 Å². The Balaban J connectivity index is 1.82. The molecule has 1 heterocycles. The molecule has 0 saturated carbocycles. The van der Waals surface area contributed by atoms with E-state index in [2.05, 4.69) is 15.8 Å². The first-order valence-corrected chi connectivity index (χ1v) is 7.47. The molecule has 0 amide bonds. The number of nitrogens with zero attached hydrogens (tertiary/aromatic N) is 2. The van der Waals surface area contributed by atoms with Gasteiger partial charge in [0.15, 0.2) is 5.11 Å². The van der Waals surface area contributed by atoms with Gasteiger partial charge in [-0.15, -0.1) is 0 Å². The number of hydrazone groups is 1. The van der Waals surface area contributed by atoms with Crippen molar-refractivity contribution in [3.63, 3.8) is 0 Å². The second kappa shape index (κ2) is 8.02. The predicted octanol–water partition coefficient (Wildman–Crippen LogP) is 2.23. The molecule has 2 N–H and O–H groups in total. The zero-order valence-electron chi connectivity index (χ0n) is 11.6. The van der Waals surface area contributed by atoms with E-state index in [4.69, 9.17) is 28.6 Å². The third kappa shape index (κ3) is 4.90. The van der Waals surface area contributed by atoms with Gasteiger partial charge in [0, 0.05) is 24.8 Å². The highest BCUT2D eigenvalue weighted by atomic mass is 35.5. The van der Waals surface area contributed by atoms with Gasteiger partial charge in [-0.05, 0) is 31.1 Å². The summed E-state index contributed by atoms with van der Waals surface area (Å²) in [6.45, 7) is 1.42. The maximum atomic E-state index is 10.8. The number of nitrogens with one attached hydrogen (secondary N) is 2. The van der Waals surface area contributed by atoms with Crippen LogP contribution in [0.1, 0.15) is 18.4 Å². The number of benzene rings is 1. The Kier molecular flexibility index (Phi) is 6.05. The molecule has 22 heavy (non-hydrogen) atoms. The molecule has 7 nitrogen and oxygen atoms in total. The molecule has 2 rings (SSSR count). The Morgan fingerprint density at radius 1 is 1.64 bits per heavy atom. The molecule has 9 heteroatoms. The second-order valence-electron chi connectivity index (χ2n) is 4.68. The number of hydrogen-bond acceptors (Lipinski definition) is 5. The highest BCUT2D eigenvalue weighted by Crippen LogP contribution is 2.24. The first kappa shape index (κ1) is 16.6. The molecule has 1 saturated heterocycles. The van der Waals surface area contributed by atoms with Crippen LogP contribution in [0.15, 0.2) is 23.3 Å². The molecule has 1 aromatic rings. The van der Waals surface area contributed by atoms with Gasteiger partial charge in [0.25, 0.3) is 5.69 Å². The first-order valence-electron chi connectivity index (χ1n) is 6.68. The minimum absolute atomic E-state index is 0.0869. The highest BCUT2D eigenvalue weighted by Gasteiger charge is 2.15. The maximum Gasteiger partial charge on any atom is 0.288 e. The van der Waals surface area contributed by atoms with Gasteiger partial charge in [-0.1, -0.05) is 17.7 Å². The Bertz CT molecular complexity index is 591. The molecule has 0 bridgehead atoms. The van der Waals surface area contributed by atoms with E-state index >= 15 is 0 Å². The average molecular weight is 343 g/mol. The molecule has 0 unspecified atom stereocenters. The highest BCUT2D eigenvalue weighted by molar-refractivity contribution is 7.80. The molecule has 0 aromatic heterocycles. The monoisotopic (exact) mass is 342 g/mol. The lowest BCUT2D eigenvalue weighted by Crippen LogP contribution is -2.37. The summed E-state index contributed by atoms with van der Waals surface area (Å²) in [6.07, 6.45) is 3.71. The van der Waals surface area contributed by atoms with Gasteiger partial charge in [-0.3, -0.25) is 15.5 Å². The zero-order valence-corrected chi connectivity index (χ0v) is 13.2. The first-order chi connectivity index (χ1) is 10.6. The number of ether oxygens (including phenoxy) is 1. The smallest absolute Gasteiger partial charge is 0.288 e. The van der Waals surface area contributed by atoms with Crippen molar-refractivity contribution in [3.8, 4) is 0 Å². The van der Waals surface area contributed by atoms with Crippen molar-refractivity contribution < 1.29 is 9.66 Å². The number of nitro benzene ring substituents is 1. The van der Waals surface area contributed by atoms with Crippen molar-refractivity contribution in [2.45, 2.75) is 18.9 Å². The van der Waals surface area contributed by atoms with Crippen LogP contribution in [0.4, 0.5) is 5.69 Å². The summed E-state index contributed by atoms with van der Waals surface area (Å²) in [5.41, 5.74) is 3.03. The summed E-state index contributed by atoms with van der Waals surface area (Å²) < 4.78 is 5.46. The molecule has 1 aliphatic rings. The predicted molar refractivity (Wildman–Crippen MR) is 88.4 cm³/mol. The van der Waals surface area contributed by atoms with Crippen molar-refractivity contribution in [2.24, 2.45) is 5.10 Å². The number of rotatable bonds is 5. The molecule has 0 aliphatic carbocycles. The summed E-state index contributed by atoms with van der Waals surface area (Å²) >= 11 is 10.8. The van der Waals surface area contributed by atoms with Crippen LogP contribution < -0.4 is 10.7 Å². The van der Waals surface area contributed by atoms with E-state index in [0.717, 1.165) is 19.4 Å². The van der Waals surface area contributed by atoms with Crippen LogP contribution in [0, 0.1) is 10.1 Å². The van der Waals surface area contributed by atoms with Crippen molar-refractivity contribution in [2.75, 3.05) is 13.2 Å². The van der Waals surface area contributed by atoms with E-state index < -0.39 is 4.92 Å². The summed E-state index contributed by atoms with van der Waals surface area (Å²) in [5.74, 6) is 0. The average Bonchev–Trinajstić information content (AvgIpc) is 3.00. The van der Waals surface area contributed by atoms with E-state index in [1.807, 2.05) is 0 Å². The molecule has 1 fully saturated rings. The summed E-state index contributed by atoms with van der Waals surface area (Å²) in [6, 6.07) is 4.43. The zero-order chi connectivity index (χ0) is 15.9. The van der Waals surface area contributed by atoms with Gasteiger partial charge in [-0.25, -0.2) is 0 Å². The number of nitro groups is 1. The van der Waals surface area contributed by atoms with Crippen LogP contribution in [0.3, 0.4) is 0 Å². The van der Waals surface area contributed by atoms with Crippen LogP contribution in [-0.2, 0) is 4.74 Å². The summed E-state index contributed by atoms with van der Waals surface area (Å²) in [7, 11) is 0. The summed E-state index contributed by atoms with van der Waals surface area (Å²) in [5, 5.41) is 18.2. The topological polar surface area (TPSA) is 88.8 Å². The number of hydrogen-bond donors (Lipinski definition) is 2. The number of thiocarbonyl (C=S) groups is 1. The molecular weight excluding hydrogens is 328 g/mol. The standard InChI is InChI=1S/C13H15ClN4O3S/c14-11-4-3-9(6-12(11)18(19)20)7-16-17-13(22)15-8-10-2-1-5-21-10/h3-4,6-7,10H,1-2,5,8H2,(H2,15,17,22)/b16-7-/t10-/m1/s1. The fourth-order valence-corrected chi connectivity index (χ4v) is 2.29. The minimum atomic E-state index is -0.541. The van der Waals surface area contributed by atoms with E-state index in [1.165, 1.54) is 18.3 Å². The SMILES string of the molecule is O=[N+]([O-])c1cc(/C=N\NC(=S)NC[C@H]2CCCO2)ccc1Cl. The van der Waals surface area contributed by atoms with Crippen LogP contribution >= 0.6 is 23.8 Å². The second-order valence-corrected chi connectivity index (χ2v) is 5.50. The van der Waals surface area contributed by atoms with Gasteiger partial charge in [0.05, 0.1) is 17.2 Å². The third-order valence-electron chi connectivity index (χ3n) is 3.06. The van der Waals surface area contributed by atoms with E-state index in [9.17, 15) is 10.1 Å². The van der Waals surface area contributed by atoms with E-state index in [-0.39, 0.29) is 16.8 Å². The molecule has 1 aliphatic heterocycles. The Labute approximate surface area is 137 Å². The number of halogens is 1. The molecule has 1 atom stereocenters. The molecule has 0 spiro atoms. The Hall–Kier alpha value is -1.77. The fourth-order valence-electron chi connectivity index (χ4n) is 1.97. The third-order valence-corrected chi connectivity index (χ3v) is 3.62. The molecule has 118 valence electrons. The lowest BCUT2D eigenvalue weighted by molar-refractivity contribution is -0.384. The van der Waals surface area contributed by atoms with Gasteiger partial charge in [0.2, 0.25) is 0 Å². The van der Waals surface area contributed by atoms with Gasteiger partial charge < -0.3 is 10.1 Å². The Morgan fingerprint density at radius 2 is 2.45 bits per heavy atom. The molecular formula is C13H15ClN4O3S. The summed E-state index contributed by atoms with van der Waals surface area (Å²) in [4.78, 5) is 10.2. The maximum absolute atomic E-state index is 10.8. The van der Waals surface area contributed by atoms with Gasteiger partial charge in [-0.2, -0.15) is 5.10 Å². The normalized spacial score (nSPS) is 17.6. The van der Waals surface area contributed by atoms with Crippen LogP contribution in [0.2, 0.25) is 5.02 Å². The lowest BCUT2D eigenvalue weighted by Gasteiger charge is -2.11. The van der Waals surface area contributed by atoms with E-state index in [0.29, 0.717) is 17.2 Å². The Morgan fingerprint density at radius 3 is 3.14 bits per heavy atom. The molecule has 1 aromatic carbocycles. The lowest BCUT2D eigenvalue weighted by atomic mass is 10.2. The van der Waals surface area contributed by atoms with E-state index in [1.54, 1.807) is 6.07 Å². The van der Waals surface area contributed by atoms with Crippen molar-refractivity contribution >= 4 is 40.8 Å².